The molecule has 20 heavy (non-hydrogen) atoms. The maximum atomic E-state index is 12.1. The highest BCUT2D eigenvalue weighted by atomic mass is 32.2. The van der Waals surface area contributed by atoms with Gasteiger partial charge in [-0.15, -0.1) is 11.3 Å². The van der Waals surface area contributed by atoms with Crippen molar-refractivity contribution in [2.45, 2.75) is 24.0 Å². The normalized spacial score (nSPS) is 14.6. The van der Waals surface area contributed by atoms with Crippen LogP contribution in [0.2, 0.25) is 0 Å². The molecule has 0 aliphatic carbocycles. The number of carboxylic acids is 1. The van der Waals surface area contributed by atoms with Gasteiger partial charge in [0.05, 0.1) is 13.2 Å². The SMILES string of the molecule is COC(=O)c1sccc1S(=O)(=O)N[C@H](C(=O)O)[C@@H](C)O. The van der Waals surface area contributed by atoms with Gasteiger partial charge >= 0.3 is 11.9 Å². The third-order valence-corrected chi connectivity index (χ3v) is 4.83. The van der Waals surface area contributed by atoms with E-state index in [9.17, 15) is 23.1 Å². The van der Waals surface area contributed by atoms with Crippen molar-refractivity contribution in [1.82, 2.24) is 4.72 Å². The number of rotatable bonds is 6. The van der Waals surface area contributed by atoms with Crippen LogP contribution in [0.25, 0.3) is 0 Å². The Morgan fingerprint density at radius 2 is 2.05 bits per heavy atom. The molecule has 0 fully saturated rings. The molecule has 0 unspecified atom stereocenters. The maximum Gasteiger partial charge on any atom is 0.349 e. The number of carboxylic acid groups (broad SMARTS) is 1. The fourth-order valence-corrected chi connectivity index (χ4v) is 3.93. The van der Waals surface area contributed by atoms with E-state index in [1.54, 1.807) is 0 Å². The minimum absolute atomic E-state index is 0.172. The molecule has 0 bridgehead atoms. The zero-order chi connectivity index (χ0) is 15.5. The van der Waals surface area contributed by atoms with E-state index in [4.69, 9.17) is 5.11 Å². The summed E-state index contributed by atoms with van der Waals surface area (Å²) in [5.74, 6) is -2.37. The number of methoxy groups -OCH3 is 1. The molecule has 0 aliphatic heterocycles. The van der Waals surface area contributed by atoms with Crippen LogP contribution in [0.1, 0.15) is 16.6 Å². The predicted octanol–water partition coefficient (Wildman–Crippen LogP) is -0.353. The fourth-order valence-electron chi connectivity index (χ4n) is 1.34. The molecule has 0 saturated heterocycles. The highest BCUT2D eigenvalue weighted by Gasteiger charge is 2.32. The van der Waals surface area contributed by atoms with Crippen molar-refractivity contribution in [1.29, 1.82) is 0 Å². The fraction of sp³-hybridized carbons (Fsp3) is 0.400. The van der Waals surface area contributed by atoms with Gasteiger partial charge in [-0.05, 0) is 18.4 Å². The predicted molar refractivity (Wildman–Crippen MR) is 69.1 cm³/mol. The van der Waals surface area contributed by atoms with Crippen LogP contribution in [0.5, 0.6) is 0 Å². The topological polar surface area (TPSA) is 130 Å². The minimum atomic E-state index is -4.27. The van der Waals surface area contributed by atoms with E-state index >= 15 is 0 Å². The van der Waals surface area contributed by atoms with Gasteiger partial charge in [0, 0.05) is 0 Å². The number of carbonyl (C=O) groups is 2. The Balaban J connectivity index is 3.15. The standard InChI is InChI=1S/C10H13NO7S2/c1-5(12)7(9(13)14)11-20(16,17)6-3-4-19-8(6)10(15)18-2/h3-5,7,11-12H,1-2H3,(H,13,14)/t5-,7+/m1/s1. The van der Waals surface area contributed by atoms with Gasteiger partial charge in [0.15, 0.2) is 0 Å². The first-order valence-corrected chi connectivity index (χ1v) is 7.66. The van der Waals surface area contributed by atoms with Gasteiger partial charge in [0.2, 0.25) is 10.0 Å². The number of carbonyl (C=O) groups excluding carboxylic acids is 1. The second-order valence-corrected chi connectivity index (χ2v) is 6.38. The molecule has 8 nitrogen and oxygen atoms in total. The lowest BCUT2D eigenvalue weighted by atomic mass is 10.2. The zero-order valence-electron chi connectivity index (χ0n) is 10.6. The molecule has 1 heterocycles. The van der Waals surface area contributed by atoms with Crippen LogP contribution in [0.4, 0.5) is 0 Å². The first-order valence-electron chi connectivity index (χ1n) is 5.29. The van der Waals surface area contributed by atoms with E-state index in [1.165, 1.54) is 5.38 Å². The molecule has 0 spiro atoms. The second-order valence-electron chi connectivity index (χ2n) is 3.78. The van der Waals surface area contributed by atoms with E-state index in [2.05, 4.69) is 4.74 Å². The van der Waals surface area contributed by atoms with Gasteiger partial charge in [-0.1, -0.05) is 0 Å². The van der Waals surface area contributed by atoms with Gasteiger partial charge in [0.25, 0.3) is 0 Å². The number of aliphatic hydroxyl groups excluding tert-OH is 1. The molecule has 0 saturated carbocycles. The van der Waals surface area contributed by atoms with Crippen LogP contribution < -0.4 is 4.72 Å². The summed E-state index contributed by atoms with van der Waals surface area (Å²) in [6.45, 7) is 1.14. The molecule has 3 N–H and O–H groups in total. The van der Waals surface area contributed by atoms with Crippen LogP contribution in [0.15, 0.2) is 16.3 Å². The highest BCUT2D eigenvalue weighted by molar-refractivity contribution is 7.89. The van der Waals surface area contributed by atoms with Gasteiger partial charge < -0.3 is 14.9 Å². The summed E-state index contributed by atoms with van der Waals surface area (Å²) in [6, 6.07) is -0.564. The van der Waals surface area contributed by atoms with Gasteiger partial charge in [-0.2, -0.15) is 4.72 Å². The number of thiophene rings is 1. The molecule has 1 aromatic rings. The lowest BCUT2D eigenvalue weighted by Crippen LogP contribution is -2.47. The zero-order valence-corrected chi connectivity index (χ0v) is 12.2. The van der Waals surface area contributed by atoms with Gasteiger partial charge in [-0.3, -0.25) is 4.79 Å². The van der Waals surface area contributed by atoms with Crippen molar-refractivity contribution in [3.8, 4) is 0 Å². The summed E-state index contributed by atoms with van der Waals surface area (Å²) in [6.07, 6.45) is -1.44. The largest absolute Gasteiger partial charge is 0.480 e. The number of aliphatic carboxylic acids is 1. The van der Waals surface area contributed by atoms with E-state index in [-0.39, 0.29) is 9.77 Å². The van der Waals surface area contributed by atoms with Crippen LogP contribution in [0, 0.1) is 0 Å². The first-order chi connectivity index (χ1) is 9.20. The quantitative estimate of drug-likeness (QED) is 0.610. The Morgan fingerprint density at radius 3 is 2.50 bits per heavy atom. The average Bonchev–Trinajstić information content (AvgIpc) is 2.84. The van der Waals surface area contributed by atoms with Crippen LogP contribution in [-0.2, 0) is 19.6 Å². The van der Waals surface area contributed by atoms with E-state index in [0.717, 1.165) is 31.4 Å². The van der Waals surface area contributed by atoms with Crippen molar-refractivity contribution >= 4 is 33.3 Å². The molecule has 112 valence electrons. The lowest BCUT2D eigenvalue weighted by Gasteiger charge is -2.17. The Hall–Kier alpha value is -1.49. The highest BCUT2D eigenvalue weighted by Crippen LogP contribution is 2.23. The third kappa shape index (κ3) is 3.54. The number of ether oxygens (including phenoxy) is 1. The number of hydrogen-bond acceptors (Lipinski definition) is 7. The average molecular weight is 323 g/mol. The number of sulfonamides is 1. The molecular weight excluding hydrogens is 310 g/mol. The number of esters is 1. The minimum Gasteiger partial charge on any atom is -0.480 e. The molecule has 0 amide bonds. The van der Waals surface area contributed by atoms with E-state index in [0.29, 0.717) is 0 Å². The summed E-state index contributed by atoms with van der Waals surface area (Å²) in [7, 11) is -3.17. The van der Waals surface area contributed by atoms with Crippen molar-refractivity contribution < 1.29 is 33.0 Å². The monoisotopic (exact) mass is 323 g/mol. The van der Waals surface area contributed by atoms with Crippen molar-refractivity contribution in [2.75, 3.05) is 7.11 Å². The summed E-state index contributed by atoms with van der Waals surface area (Å²) >= 11 is 0.849. The molecule has 10 heteroatoms. The molecular formula is C10H13NO7S2. The number of aliphatic hydroxyl groups is 1. The number of hydrogen-bond donors (Lipinski definition) is 3. The Kier molecular flexibility index (Phi) is 5.22. The molecule has 0 aromatic carbocycles. The summed E-state index contributed by atoms with van der Waals surface area (Å²) < 4.78 is 30.4. The molecule has 0 radical (unpaired) electrons. The maximum absolute atomic E-state index is 12.1. The Morgan fingerprint density at radius 1 is 1.45 bits per heavy atom. The van der Waals surface area contributed by atoms with Crippen molar-refractivity contribution in [3.63, 3.8) is 0 Å². The molecule has 1 rings (SSSR count). The van der Waals surface area contributed by atoms with E-state index < -0.39 is 34.1 Å². The third-order valence-electron chi connectivity index (χ3n) is 2.32. The summed E-state index contributed by atoms with van der Waals surface area (Å²) in [4.78, 5) is 21.8. The smallest absolute Gasteiger partial charge is 0.349 e. The Bertz CT molecular complexity index is 605. The van der Waals surface area contributed by atoms with Crippen LogP contribution >= 0.6 is 11.3 Å². The van der Waals surface area contributed by atoms with Gasteiger partial charge in [0.1, 0.15) is 15.8 Å². The molecule has 2 atom stereocenters. The molecule has 1 aromatic heterocycles. The Labute approximate surface area is 119 Å². The second kappa shape index (κ2) is 6.31. The van der Waals surface area contributed by atoms with Crippen molar-refractivity contribution in [3.05, 3.63) is 16.3 Å². The van der Waals surface area contributed by atoms with Gasteiger partial charge in [-0.25, -0.2) is 13.2 Å². The van der Waals surface area contributed by atoms with Crippen LogP contribution in [0.3, 0.4) is 0 Å². The number of nitrogens with one attached hydrogen (secondary N) is 1. The van der Waals surface area contributed by atoms with E-state index in [1.807, 2.05) is 4.72 Å². The summed E-state index contributed by atoms with van der Waals surface area (Å²) in [5.41, 5.74) is 0. The summed E-state index contributed by atoms with van der Waals surface area (Å²) in [5, 5.41) is 19.5. The first kappa shape index (κ1) is 16.6. The molecule has 0 aliphatic rings. The van der Waals surface area contributed by atoms with Crippen molar-refractivity contribution in [2.24, 2.45) is 0 Å². The lowest BCUT2D eigenvalue weighted by molar-refractivity contribution is -0.141. The van der Waals surface area contributed by atoms with Crippen LogP contribution in [-0.4, -0.2) is 49.8 Å².